The van der Waals surface area contributed by atoms with E-state index in [1.165, 1.54) is 12.1 Å². The van der Waals surface area contributed by atoms with Crippen LogP contribution in [0, 0.1) is 0 Å². The van der Waals surface area contributed by atoms with Crippen LogP contribution in [0.3, 0.4) is 0 Å². The fourth-order valence-corrected chi connectivity index (χ4v) is 3.88. The van der Waals surface area contributed by atoms with Crippen molar-refractivity contribution in [1.29, 1.82) is 0 Å². The summed E-state index contributed by atoms with van der Waals surface area (Å²) in [5.74, 6) is 1.33. The van der Waals surface area contributed by atoms with E-state index in [0.717, 1.165) is 38.0 Å². The van der Waals surface area contributed by atoms with Crippen LogP contribution in [0.25, 0.3) is 11.1 Å². The molecule has 2 N–H and O–H groups in total. The molecule has 2 heterocycles. The molecule has 1 aromatic heterocycles. The number of aromatic nitrogens is 1. The third-order valence-corrected chi connectivity index (χ3v) is 5.45. The van der Waals surface area contributed by atoms with Crippen molar-refractivity contribution in [3.05, 3.63) is 42.0 Å². The first-order valence-electron chi connectivity index (χ1n) is 10.7. The average Bonchev–Trinajstić information content (AvgIpc) is 3.20. The van der Waals surface area contributed by atoms with Crippen LogP contribution in [0.5, 0.6) is 17.2 Å². The van der Waals surface area contributed by atoms with Crippen LogP contribution < -0.4 is 19.5 Å². The third-order valence-electron chi connectivity index (χ3n) is 5.45. The van der Waals surface area contributed by atoms with E-state index in [0.29, 0.717) is 28.6 Å². The number of piperidine rings is 1. The number of halogens is 1. The van der Waals surface area contributed by atoms with E-state index in [2.05, 4.69) is 19.9 Å². The normalized spacial score (nSPS) is 14.8. The van der Waals surface area contributed by atoms with Gasteiger partial charge in [0.05, 0.1) is 7.11 Å². The molecule has 0 saturated carbocycles. The smallest absolute Gasteiger partial charge is 0.493 e. The second-order valence-corrected chi connectivity index (χ2v) is 7.73. The van der Waals surface area contributed by atoms with E-state index in [1.54, 1.807) is 13.2 Å². The molecule has 0 spiro atoms. The number of alkyl halides is 1. The topological polar surface area (TPSA) is 106 Å². The van der Waals surface area contributed by atoms with Crippen molar-refractivity contribution in [2.45, 2.75) is 25.4 Å². The van der Waals surface area contributed by atoms with Crippen molar-refractivity contribution in [2.75, 3.05) is 38.8 Å². The number of oxazole rings is 1. The van der Waals surface area contributed by atoms with E-state index in [9.17, 15) is 9.18 Å². The Kier molecular flexibility index (Phi) is 7.13. The van der Waals surface area contributed by atoms with Crippen LogP contribution in [-0.2, 0) is 6.54 Å². The summed E-state index contributed by atoms with van der Waals surface area (Å²) in [6.07, 6.45) is 0.443. The Balaban J connectivity index is 1.31. The molecule has 0 unspecified atom stereocenters. The minimum Gasteiger partial charge on any atom is -0.493 e. The number of hydrogen-bond donors (Lipinski definition) is 2. The first-order valence-corrected chi connectivity index (χ1v) is 10.7. The monoisotopic (exact) mass is 459 g/mol. The van der Waals surface area contributed by atoms with E-state index in [4.69, 9.17) is 19.0 Å². The van der Waals surface area contributed by atoms with Crippen molar-refractivity contribution < 1.29 is 32.9 Å². The van der Waals surface area contributed by atoms with Gasteiger partial charge >= 0.3 is 6.16 Å². The molecule has 0 radical (unpaired) electrons. The predicted octanol–water partition coefficient (Wildman–Crippen LogP) is 4.32. The molecule has 1 fully saturated rings. The van der Waals surface area contributed by atoms with Gasteiger partial charge in [-0.25, -0.2) is 9.18 Å². The zero-order valence-corrected chi connectivity index (χ0v) is 18.3. The summed E-state index contributed by atoms with van der Waals surface area (Å²) in [5, 5.41) is 12.1. The molecule has 0 bridgehead atoms. The zero-order chi connectivity index (χ0) is 23.2. The van der Waals surface area contributed by atoms with Gasteiger partial charge in [0.15, 0.2) is 17.1 Å². The molecule has 1 aliphatic heterocycles. The Morgan fingerprint density at radius 2 is 2.06 bits per heavy atom. The summed E-state index contributed by atoms with van der Waals surface area (Å²) in [5.41, 5.74) is 2.16. The fourth-order valence-electron chi connectivity index (χ4n) is 3.88. The number of fused-ring (bicyclic) bond motifs is 1. The molecule has 2 aromatic carbocycles. The van der Waals surface area contributed by atoms with Gasteiger partial charge in [-0.2, -0.15) is 4.98 Å². The highest BCUT2D eigenvalue weighted by Gasteiger charge is 2.21. The van der Waals surface area contributed by atoms with Crippen LogP contribution >= 0.6 is 0 Å². The number of carboxylic acid groups (broad SMARTS) is 1. The Morgan fingerprint density at radius 1 is 1.24 bits per heavy atom. The lowest BCUT2D eigenvalue weighted by Crippen LogP contribution is -2.38. The van der Waals surface area contributed by atoms with Crippen molar-refractivity contribution in [3.63, 3.8) is 0 Å². The van der Waals surface area contributed by atoms with Crippen molar-refractivity contribution in [3.8, 4) is 17.2 Å². The van der Waals surface area contributed by atoms with Crippen LogP contribution in [0.15, 0.2) is 40.8 Å². The third kappa shape index (κ3) is 5.83. The second-order valence-electron chi connectivity index (χ2n) is 7.73. The van der Waals surface area contributed by atoms with E-state index >= 15 is 0 Å². The van der Waals surface area contributed by atoms with E-state index < -0.39 is 12.8 Å². The van der Waals surface area contributed by atoms with Gasteiger partial charge in [0.1, 0.15) is 24.5 Å². The Hall–Kier alpha value is -3.53. The molecule has 176 valence electrons. The molecular weight excluding hydrogens is 433 g/mol. The lowest BCUT2D eigenvalue weighted by atomic mass is 10.0. The number of carbonyl (C=O) groups is 1. The minimum absolute atomic E-state index is 0.000594. The highest BCUT2D eigenvalue weighted by Crippen LogP contribution is 2.29. The van der Waals surface area contributed by atoms with E-state index in [1.807, 2.05) is 18.2 Å². The fraction of sp³-hybridized carbons (Fsp3) is 0.391. The quantitative estimate of drug-likeness (QED) is 0.357. The van der Waals surface area contributed by atoms with Gasteiger partial charge in [-0.3, -0.25) is 4.90 Å². The van der Waals surface area contributed by atoms with Crippen LogP contribution in [0.2, 0.25) is 0 Å². The standard InChI is InChI=1S/C23H26FN3O6/c1-30-19-5-2-15(12-21(19)31-11-8-24)14-27-9-6-16(7-10-27)25-22-26-18-4-3-17(32-23(28)29)13-20(18)33-22/h2-5,12-13,16H,6-11,14H2,1H3,(H,25,26)(H,28,29). The first kappa shape index (κ1) is 22.7. The molecule has 4 rings (SSSR count). The molecule has 33 heavy (non-hydrogen) atoms. The SMILES string of the molecule is COc1ccc(CN2CCC(Nc3nc4ccc(OC(=O)O)cc4o3)CC2)cc1OCCF. The summed E-state index contributed by atoms with van der Waals surface area (Å²) in [6, 6.07) is 11.1. The number of methoxy groups -OCH3 is 1. The largest absolute Gasteiger partial charge is 0.511 e. The maximum atomic E-state index is 12.5. The molecule has 1 saturated heterocycles. The number of benzene rings is 2. The van der Waals surface area contributed by atoms with Crippen LogP contribution in [-0.4, -0.2) is 60.7 Å². The molecule has 9 nitrogen and oxygen atoms in total. The van der Waals surface area contributed by atoms with Crippen molar-refractivity contribution in [1.82, 2.24) is 9.88 Å². The van der Waals surface area contributed by atoms with Crippen molar-refractivity contribution >= 4 is 23.3 Å². The summed E-state index contributed by atoms with van der Waals surface area (Å²) in [4.78, 5) is 17.5. The molecule has 3 aromatic rings. The average molecular weight is 459 g/mol. The van der Waals surface area contributed by atoms with Gasteiger partial charge in [0, 0.05) is 31.7 Å². The van der Waals surface area contributed by atoms with Crippen LogP contribution in [0.1, 0.15) is 18.4 Å². The summed E-state index contributed by atoms with van der Waals surface area (Å²) < 4.78 is 33.6. The Labute approximate surface area is 190 Å². The molecule has 0 amide bonds. The van der Waals surface area contributed by atoms with Crippen LogP contribution in [0.4, 0.5) is 15.2 Å². The molecule has 10 heteroatoms. The second kappa shape index (κ2) is 10.4. The summed E-state index contributed by atoms with van der Waals surface area (Å²) in [7, 11) is 1.56. The van der Waals surface area contributed by atoms with Gasteiger partial charge in [-0.1, -0.05) is 6.07 Å². The summed E-state index contributed by atoms with van der Waals surface area (Å²) in [6.45, 7) is 1.99. The van der Waals surface area contributed by atoms with E-state index in [-0.39, 0.29) is 18.4 Å². The van der Waals surface area contributed by atoms with Gasteiger partial charge in [0.2, 0.25) is 0 Å². The zero-order valence-electron chi connectivity index (χ0n) is 18.3. The maximum Gasteiger partial charge on any atom is 0.511 e. The molecule has 1 aliphatic rings. The number of rotatable bonds is 9. The minimum atomic E-state index is -1.38. The lowest BCUT2D eigenvalue weighted by molar-refractivity contribution is 0.144. The van der Waals surface area contributed by atoms with Gasteiger partial charge in [0.25, 0.3) is 6.01 Å². The Morgan fingerprint density at radius 3 is 2.79 bits per heavy atom. The van der Waals surface area contributed by atoms with Crippen molar-refractivity contribution in [2.24, 2.45) is 0 Å². The molecule has 0 aliphatic carbocycles. The molecule has 0 atom stereocenters. The maximum absolute atomic E-state index is 12.5. The number of anilines is 1. The summed E-state index contributed by atoms with van der Waals surface area (Å²) >= 11 is 0. The number of nitrogens with one attached hydrogen (secondary N) is 1. The Bertz CT molecular complexity index is 1100. The number of ether oxygens (including phenoxy) is 3. The predicted molar refractivity (Wildman–Crippen MR) is 119 cm³/mol. The number of hydrogen-bond acceptors (Lipinski definition) is 8. The van der Waals surface area contributed by atoms with Gasteiger partial charge in [-0.15, -0.1) is 0 Å². The lowest BCUT2D eigenvalue weighted by Gasteiger charge is -2.32. The number of likely N-dealkylation sites (tertiary alicyclic amines) is 1. The highest BCUT2D eigenvalue weighted by atomic mass is 19.1. The van der Waals surface area contributed by atoms with Gasteiger partial charge in [-0.05, 0) is 42.7 Å². The molecular formula is C23H26FN3O6. The number of nitrogens with zero attached hydrogens (tertiary/aromatic N) is 2. The highest BCUT2D eigenvalue weighted by molar-refractivity contribution is 5.77. The van der Waals surface area contributed by atoms with Gasteiger partial charge < -0.3 is 29.1 Å². The first-order chi connectivity index (χ1) is 16.0.